The number of oxime groups is 1. The molecule has 0 amide bonds. The van der Waals surface area contributed by atoms with Crippen molar-refractivity contribution in [3.8, 4) is 5.75 Å². The van der Waals surface area contributed by atoms with Crippen LogP contribution in [0.15, 0.2) is 33.9 Å². The maximum atomic E-state index is 8.64. The topological polar surface area (TPSA) is 67.8 Å². The molecular formula is C12H17BrN2O2. The van der Waals surface area contributed by atoms with E-state index in [1.54, 1.807) is 0 Å². The fraction of sp³-hybridized carbons (Fsp3) is 0.417. The summed E-state index contributed by atoms with van der Waals surface area (Å²) in [6, 6.07) is 7.64. The van der Waals surface area contributed by atoms with E-state index in [2.05, 4.69) is 21.1 Å². The zero-order chi connectivity index (χ0) is 12.9. The van der Waals surface area contributed by atoms with Gasteiger partial charge in [-0.3, -0.25) is 0 Å². The van der Waals surface area contributed by atoms with Crippen LogP contribution in [0.5, 0.6) is 5.75 Å². The number of hydrogen-bond acceptors (Lipinski definition) is 3. The Hall–Kier alpha value is -1.23. The number of ether oxygens (including phenoxy) is 1. The second kappa shape index (κ2) is 5.91. The average Bonchev–Trinajstić information content (AvgIpc) is 2.27. The van der Waals surface area contributed by atoms with Gasteiger partial charge in [0.05, 0.1) is 6.61 Å². The van der Waals surface area contributed by atoms with E-state index in [4.69, 9.17) is 15.7 Å². The van der Waals surface area contributed by atoms with Crippen molar-refractivity contribution in [1.82, 2.24) is 0 Å². The van der Waals surface area contributed by atoms with Gasteiger partial charge >= 0.3 is 0 Å². The van der Waals surface area contributed by atoms with Crippen molar-refractivity contribution in [2.24, 2.45) is 16.3 Å². The van der Waals surface area contributed by atoms with Crippen molar-refractivity contribution in [3.05, 3.63) is 28.7 Å². The Morgan fingerprint density at radius 3 is 2.82 bits per heavy atom. The molecule has 0 aliphatic carbocycles. The maximum absolute atomic E-state index is 8.64. The number of halogens is 1. The van der Waals surface area contributed by atoms with E-state index in [0.717, 1.165) is 10.2 Å². The molecule has 0 saturated heterocycles. The van der Waals surface area contributed by atoms with E-state index in [9.17, 15) is 0 Å². The minimum atomic E-state index is -0.374. The van der Waals surface area contributed by atoms with Crippen molar-refractivity contribution in [1.29, 1.82) is 0 Å². The number of hydrogen-bond donors (Lipinski definition) is 2. The molecule has 0 aromatic heterocycles. The molecule has 0 heterocycles. The molecule has 94 valence electrons. The lowest BCUT2D eigenvalue weighted by atomic mass is 9.88. The molecule has 0 atom stereocenters. The first-order valence-corrected chi connectivity index (χ1v) is 6.11. The van der Waals surface area contributed by atoms with E-state index in [1.165, 1.54) is 0 Å². The highest BCUT2D eigenvalue weighted by atomic mass is 79.9. The zero-order valence-corrected chi connectivity index (χ0v) is 11.6. The van der Waals surface area contributed by atoms with Crippen molar-refractivity contribution >= 4 is 21.8 Å². The summed E-state index contributed by atoms with van der Waals surface area (Å²) in [5.74, 6) is 1.02. The van der Waals surface area contributed by atoms with E-state index in [-0.39, 0.29) is 11.3 Å². The van der Waals surface area contributed by atoms with E-state index in [0.29, 0.717) is 13.0 Å². The first kappa shape index (κ1) is 13.8. The molecule has 3 N–H and O–H groups in total. The van der Waals surface area contributed by atoms with Gasteiger partial charge in [0.2, 0.25) is 0 Å². The van der Waals surface area contributed by atoms with Gasteiger partial charge in [0.25, 0.3) is 0 Å². The predicted octanol–water partition coefficient (Wildman–Crippen LogP) is 2.99. The minimum absolute atomic E-state index is 0.218. The highest BCUT2D eigenvalue weighted by molar-refractivity contribution is 9.10. The maximum Gasteiger partial charge on any atom is 0.144 e. The molecule has 1 aromatic carbocycles. The van der Waals surface area contributed by atoms with Gasteiger partial charge in [-0.25, -0.2) is 0 Å². The van der Waals surface area contributed by atoms with Gasteiger partial charge < -0.3 is 15.7 Å². The third-order valence-corrected chi connectivity index (χ3v) is 3.09. The van der Waals surface area contributed by atoms with E-state index >= 15 is 0 Å². The summed E-state index contributed by atoms with van der Waals surface area (Å²) < 4.78 is 6.57. The molecule has 0 spiro atoms. The number of amidine groups is 1. The van der Waals surface area contributed by atoms with Gasteiger partial charge in [-0.1, -0.05) is 41.0 Å². The lowest BCUT2D eigenvalue weighted by Crippen LogP contribution is -2.33. The van der Waals surface area contributed by atoms with Crippen LogP contribution in [0.2, 0.25) is 0 Å². The van der Waals surface area contributed by atoms with Gasteiger partial charge in [0, 0.05) is 9.89 Å². The van der Waals surface area contributed by atoms with Crippen LogP contribution in [-0.2, 0) is 0 Å². The largest absolute Gasteiger partial charge is 0.494 e. The number of rotatable bonds is 5. The molecule has 0 bridgehead atoms. The molecule has 5 heteroatoms. The van der Waals surface area contributed by atoms with Crippen LogP contribution in [0.3, 0.4) is 0 Å². The third kappa shape index (κ3) is 4.26. The Kier molecular flexibility index (Phi) is 4.81. The van der Waals surface area contributed by atoms with Crippen LogP contribution in [-0.4, -0.2) is 17.6 Å². The lowest BCUT2D eigenvalue weighted by Gasteiger charge is -2.22. The quantitative estimate of drug-likeness (QED) is 0.380. The summed E-state index contributed by atoms with van der Waals surface area (Å²) in [5, 5.41) is 11.7. The molecule has 0 fully saturated rings. The van der Waals surface area contributed by atoms with Crippen LogP contribution < -0.4 is 10.5 Å². The highest BCUT2D eigenvalue weighted by Crippen LogP contribution is 2.22. The molecule has 0 aliphatic rings. The fourth-order valence-electron chi connectivity index (χ4n) is 1.24. The Labute approximate surface area is 110 Å². The zero-order valence-electron chi connectivity index (χ0n) is 9.98. The Bertz CT molecular complexity index is 405. The van der Waals surface area contributed by atoms with Crippen molar-refractivity contribution in [2.45, 2.75) is 20.3 Å². The number of benzene rings is 1. The number of nitrogens with two attached hydrogens (primary N) is 1. The van der Waals surface area contributed by atoms with Gasteiger partial charge in [0.1, 0.15) is 11.6 Å². The molecular weight excluding hydrogens is 284 g/mol. The standard InChI is InChI=1S/C12H17BrN2O2/c1-12(2,11(14)15-16)6-7-17-10-5-3-4-9(13)8-10/h3-5,8,16H,6-7H2,1-2H3,(H2,14,15). The first-order chi connectivity index (χ1) is 7.95. The molecule has 1 rings (SSSR count). The molecule has 0 radical (unpaired) electrons. The lowest BCUT2D eigenvalue weighted by molar-refractivity contribution is 0.259. The van der Waals surface area contributed by atoms with Gasteiger partial charge in [-0.2, -0.15) is 0 Å². The number of nitrogens with zero attached hydrogens (tertiary/aromatic N) is 1. The fourth-order valence-corrected chi connectivity index (χ4v) is 1.62. The molecule has 17 heavy (non-hydrogen) atoms. The SMILES string of the molecule is CC(C)(CCOc1cccc(Br)c1)C(N)=NO. The van der Waals surface area contributed by atoms with Gasteiger partial charge in [0.15, 0.2) is 0 Å². The summed E-state index contributed by atoms with van der Waals surface area (Å²) in [6.45, 7) is 4.33. The van der Waals surface area contributed by atoms with E-state index in [1.807, 2.05) is 38.1 Å². The molecule has 0 saturated carbocycles. The van der Waals surface area contributed by atoms with Crippen LogP contribution >= 0.6 is 15.9 Å². The Morgan fingerprint density at radius 1 is 1.53 bits per heavy atom. The smallest absolute Gasteiger partial charge is 0.144 e. The van der Waals surface area contributed by atoms with Crippen LogP contribution in [0.4, 0.5) is 0 Å². The molecule has 4 nitrogen and oxygen atoms in total. The van der Waals surface area contributed by atoms with Gasteiger partial charge in [-0.15, -0.1) is 0 Å². The summed E-state index contributed by atoms with van der Waals surface area (Å²) in [7, 11) is 0. The Balaban J connectivity index is 2.48. The average molecular weight is 301 g/mol. The molecule has 0 unspecified atom stereocenters. The van der Waals surface area contributed by atoms with Crippen LogP contribution in [0.1, 0.15) is 20.3 Å². The normalized spacial score (nSPS) is 12.5. The minimum Gasteiger partial charge on any atom is -0.494 e. The molecule has 1 aromatic rings. The summed E-state index contributed by atoms with van der Waals surface area (Å²) in [6.07, 6.45) is 0.676. The van der Waals surface area contributed by atoms with Crippen molar-refractivity contribution in [3.63, 3.8) is 0 Å². The second-order valence-corrected chi connectivity index (χ2v) is 5.34. The van der Waals surface area contributed by atoms with Gasteiger partial charge in [-0.05, 0) is 24.6 Å². The predicted molar refractivity (Wildman–Crippen MR) is 71.4 cm³/mol. The third-order valence-electron chi connectivity index (χ3n) is 2.59. The monoisotopic (exact) mass is 300 g/mol. The van der Waals surface area contributed by atoms with Crippen molar-refractivity contribution < 1.29 is 9.94 Å². The van der Waals surface area contributed by atoms with Crippen molar-refractivity contribution in [2.75, 3.05) is 6.61 Å². The summed E-state index contributed by atoms with van der Waals surface area (Å²) in [5.41, 5.74) is 5.22. The van der Waals surface area contributed by atoms with E-state index < -0.39 is 0 Å². The molecule has 0 aliphatic heterocycles. The van der Waals surface area contributed by atoms with Crippen LogP contribution in [0, 0.1) is 5.41 Å². The van der Waals surface area contributed by atoms with Crippen LogP contribution in [0.25, 0.3) is 0 Å². The summed E-state index contributed by atoms with van der Waals surface area (Å²) in [4.78, 5) is 0. The highest BCUT2D eigenvalue weighted by Gasteiger charge is 2.23. The Morgan fingerprint density at radius 2 is 2.24 bits per heavy atom. The summed E-state index contributed by atoms with van der Waals surface area (Å²) >= 11 is 3.38. The second-order valence-electron chi connectivity index (χ2n) is 4.42. The first-order valence-electron chi connectivity index (χ1n) is 5.32.